The Morgan fingerprint density at radius 1 is 1.07 bits per heavy atom. The predicted molar refractivity (Wildman–Crippen MR) is 65.5 cm³/mol. The summed E-state index contributed by atoms with van der Waals surface area (Å²) in [6.07, 6.45) is 6.96. The fourth-order valence-electron chi connectivity index (χ4n) is 1.90. The molecule has 0 aliphatic heterocycles. The zero-order chi connectivity index (χ0) is 10.9. The lowest BCUT2D eigenvalue weighted by Crippen LogP contribution is -2.30. The molecule has 5 heteroatoms. The van der Waals surface area contributed by atoms with Crippen molar-refractivity contribution >= 4 is 19.3 Å². The molecule has 0 N–H and O–H groups in total. The van der Waals surface area contributed by atoms with Gasteiger partial charge in [-0.1, -0.05) is 32.1 Å². The van der Waals surface area contributed by atoms with Crippen molar-refractivity contribution in [1.82, 2.24) is 0 Å². The predicted octanol–water partition coefficient (Wildman–Crippen LogP) is 1.90. The molecule has 15 heavy (non-hydrogen) atoms. The second-order valence-electron chi connectivity index (χ2n) is 3.93. The van der Waals surface area contributed by atoms with E-state index >= 15 is 0 Å². The van der Waals surface area contributed by atoms with E-state index in [4.69, 9.17) is 13.0 Å². The molecule has 0 saturated heterocycles. The standard InChI is InChI=1S/C10H23O3Si2/c1-3-11-15(12-4-2)13-14-10-8-6-5-7-9-10/h10H,3-9,14H2,1-2H3. The summed E-state index contributed by atoms with van der Waals surface area (Å²) in [5, 5.41) is 0. The minimum absolute atomic E-state index is 0.427. The van der Waals surface area contributed by atoms with Crippen LogP contribution in [0.1, 0.15) is 46.0 Å². The van der Waals surface area contributed by atoms with E-state index in [-0.39, 0.29) is 0 Å². The van der Waals surface area contributed by atoms with Crippen molar-refractivity contribution in [1.29, 1.82) is 0 Å². The molecule has 1 aliphatic carbocycles. The lowest BCUT2D eigenvalue weighted by molar-refractivity contribution is 0.153. The van der Waals surface area contributed by atoms with Crippen molar-refractivity contribution in [2.75, 3.05) is 13.2 Å². The van der Waals surface area contributed by atoms with Crippen molar-refractivity contribution in [3.8, 4) is 0 Å². The molecule has 1 fully saturated rings. The smallest absolute Gasteiger partial charge is 0.419 e. The van der Waals surface area contributed by atoms with Gasteiger partial charge in [0.15, 0.2) is 9.76 Å². The van der Waals surface area contributed by atoms with Crippen LogP contribution >= 0.6 is 0 Å². The lowest BCUT2D eigenvalue weighted by atomic mass is 10.0. The van der Waals surface area contributed by atoms with Gasteiger partial charge in [-0.3, -0.25) is 0 Å². The SMILES string of the molecule is CCO[Si](OCC)O[SiH2]C1CCCCC1. The van der Waals surface area contributed by atoms with Gasteiger partial charge in [-0.25, -0.2) is 0 Å². The average molecular weight is 247 g/mol. The maximum atomic E-state index is 5.86. The summed E-state index contributed by atoms with van der Waals surface area (Å²) >= 11 is 0. The Hall–Kier alpha value is 0.314. The zero-order valence-corrected chi connectivity index (χ0v) is 12.4. The van der Waals surface area contributed by atoms with Crippen molar-refractivity contribution in [3.63, 3.8) is 0 Å². The van der Waals surface area contributed by atoms with Gasteiger partial charge in [0.25, 0.3) is 0 Å². The summed E-state index contributed by atoms with van der Waals surface area (Å²) in [7, 11) is -1.81. The fraction of sp³-hybridized carbons (Fsp3) is 1.00. The fourth-order valence-corrected chi connectivity index (χ4v) is 5.52. The van der Waals surface area contributed by atoms with E-state index in [1.807, 2.05) is 13.8 Å². The van der Waals surface area contributed by atoms with Crippen molar-refractivity contribution in [2.24, 2.45) is 0 Å². The van der Waals surface area contributed by atoms with Gasteiger partial charge in [0.1, 0.15) is 0 Å². The van der Waals surface area contributed by atoms with Gasteiger partial charge in [0.05, 0.1) is 0 Å². The van der Waals surface area contributed by atoms with Crippen LogP contribution in [-0.2, 0) is 13.0 Å². The van der Waals surface area contributed by atoms with Crippen LogP contribution in [0.4, 0.5) is 0 Å². The number of hydrogen-bond donors (Lipinski definition) is 0. The van der Waals surface area contributed by atoms with Gasteiger partial charge in [-0.15, -0.1) is 0 Å². The van der Waals surface area contributed by atoms with Crippen LogP contribution in [0.25, 0.3) is 0 Å². The third kappa shape index (κ3) is 5.82. The Morgan fingerprint density at radius 3 is 2.20 bits per heavy atom. The molecular formula is C10H23O3Si2. The molecule has 0 spiro atoms. The molecule has 0 atom stereocenters. The van der Waals surface area contributed by atoms with Crippen LogP contribution in [-0.4, -0.2) is 32.5 Å². The van der Waals surface area contributed by atoms with E-state index in [0.717, 1.165) is 5.54 Å². The number of rotatable bonds is 7. The number of hydrogen-bond acceptors (Lipinski definition) is 3. The third-order valence-electron chi connectivity index (χ3n) is 2.69. The van der Waals surface area contributed by atoms with E-state index < -0.39 is 19.3 Å². The summed E-state index contributed by atoms with van der Waals surface area (Å²) in [6.45, 7) is 5.39. The van der Waals surface area contributed by atoms with Gasteiger partial charge in [0.2, 0.25) is 0 Å². The topological polar surface area (TPSA) is 27.7 Å². The molecule has 0 aromatic heterocycles. The maximum absolute atomic E-state index is 5.86. The van der Waals surface area contributed by atoms with Crippen LogP contribution in [0, 0.1) is 0 Å². The Labute approximate surface area is 97.4 Å². The first-order valence-electron chi connectivity index (χ1n) is 6.12. The second kappa shape index (κ2) is 8.46. The van der Waals surface area contributed by atoms with E-state index in [1.165, 1.54) is 32.1 Å². The molecular weight excluding hydrogens is 224 g/mol. The molecule has 3 nitrogen and oxygen atoms in total. The minimum Gasteiger partial charge on any atom is -0.419 e. The first kappa shape index (κ1) is 13.4. The highest BCUT2D eigenvalue weighted by Gasteiger charge is 2.21. The maximum Gasteiger partial charge on any atom is 0.566 e. The summed E-state index contributed by atoms with van der Waals surface area (Å²) in [5.41, 5.74) is 0.875. The average Bonchev–Trinajstić information content (AvgIpc) is 2.28. The molecule has 1 aliphatic rings. The Balaban J connectivity index is 2.13. The minimum atomic E-state index is -1.38. The monoisotopic (exact) mass is 247 g/mol. The quantitative estimate of drug-likeness (QED) is 0.643. The zero-order valence-electron chi connectivity index (χ0n) is 9.96. The van der Waals surface area contributed by atoms with Crippen molar-refractivity contribution in [3.05, 3.63) is 0 Å². The van der Waals surface area contributed by atoms with E-state index in [0.29, 0.717) is 13.2 Å². The molecule has 0 bridgehead atoms. The highest BCUT2D eigenvalue weighted by Crippen LogP contribution is 2.27. The summed E-state index contributed by atoms with van der Waals surface area (Å²) in [5.74, 6) is 0. The van der Waals surface area contributed by atoms with Gasteiger partial charge in [-0.2, -0.15) is 0 Å². The van der Waals surface area contributed by atoms with Crippen LogP contribution in [0.15, 0.2) is 0 Å². The summed E-state index contributed by atoms with van der Waals surface area (Å²) in [6, 6.07) is 0. The third-order valence-corrected chi connectivity index (χ3v) is 6.63. The molecule has 0 aromatic rings. The van der Waals surface area contributed by atoms with Crippen LogP contribution in [0.5, 0.6) is 0 Å². The van der Waals surface area contributed by atoms with Crippen LogP contribution < -0.4 is 0 Å². The Kier molecular flexibility index (Phi) is 7.55. The molecule has 0 unspecified atom stereocenters. The molecule has 1 saturated carbocycles. The largest absolute Gasteiger partial charge is 0.566 e. The molecule has 1 rings (SSSR count). The van der Waals surface area contributed by atoms with Crippen LogP contribution in [0.3, 0.4) is 0 Å². The van der Waals surface area contributed by atoms with Gasteiger partial charge < -0.3 is 13.0 Å². The van der Waals surface area contributed by atoms with Crippen LogP contribution in [0.2, 0.25) is 5.54 Å². The highest BCUT2D eigenvalue weighted by molar-refractivity contribution is 6.48. The summed E-state index contributed by atoms with van der Waals surface area (Å²) < 4.78 is 16.8. The van der Waals surface area contributed by atoms with Gasteiger partial charge in [-0.05, 0) is 19.4 Å². The molecule has 89 valence electrons. The molecule has 0 aromatic carbocycles. The van der Waals surface area contributed by atoms with E-state index in [2.05, 4.69) is 0 Å². The van der Waals surface area contributed by atoms with Gasteiger partial charge >= 0.3 is 9.53 Å². The Morgan fingerprint density at radius 2 is 1.67 bits per heavy atom. The first-order chi connectivity index (χ1) is 7.36. The summed E-state index contributed by atoms with van der Waals surface area (Å²) in [4.78, 5) is 0. The molecule has 1 radical (unpaired) electrons. The van der Waals surface area contributed by atoms with Crippen molar-refractivity contribution in [2.45, 2.75) is 51.5 Å². The normalized spacial score (nSPS) is 19.4. The van der Waals surface area contributed by atoms with Crippen molar-refractivity contribution < 1.29 is 13.0 Å². The van der Waals surface area contributed by atoms with E-state index in [1.54, 1.807) is 0 Å². The van der Waals surface area contributed by atoms with Gasteiger partial charge in [0, 0.05) is 13.2 Å². The Bertz CT molecular complexity index is 146. The lowest BCUT2D eigenvalue weighted by Gasteiger charge is -2.22. The first-order valence-corrected chi connectivity index (χ1v) is 8.74. The highest BCUT2D eigenvalue weighted by atomic mass is 28.4. The second-order valence-corrected chi connectivity index (χ2v) is 7.65. The molecule has 0 amide bonds. The van der Waals surface area contributed by atoms with E-state index in [9.17, 15) is 0 Å². The molecule has 0 heterocycles.